The molecule has 0 radical (unpaired) electrons. The normalized spacial score (nSPS) is 16.5. The van der Waals surface area contributed by atoms with Crippen molar-refractivity contribution in [3.05, 3.63) is 77.1 Å². The van der Waals surface area contributed by atoms with Crippen molar-refractivity contribution in [2.75, 3.05) is 24.6 Å². The summed E-state index contributed by atoms with van der Waals surface area (Å²) in [6, 6.07) is 15.2. The molecule has 1 fully saturated rings. The van der Waals surface area contributed by atoms with Crippen molar-refractivity contribution >= 4 is 11.8 Å². The minimum absolute atomic E-state index is 0.279. The maximum absolute atomic E-state index is 13.0. The fraction of sp³-hybridized carbons (Fsp3) is 0.381. The summed E-state index contributed by atoms with van der Waals surface area (Å²) in [6.07, 6.45) is -3.58. The van der Waals surface area contributed by atoms with Crippen LogP contribution in [0.15, 0.2) is 54.6 Å². The molecule has 0 bridgehead atoms. The highest BCUT2D eigenvalue weighted by Gasteiger charge is 2.32. The zero-order valence-electron chi connectivity index (χ0n) is 16.3. The maximum atomic E-state index is 13.0. The molecule has 9 heteroatoms. The molecule has 5 nitrogen and oxygen atoms in total. The van der Waals surface area contributed by atoms with Crippen LogP contribution in [-0.2, 0) is 19.1 Å². The topological polar surface area (TPSA) is 46.8 Å². The Kier molecular flexibility index (Phi) is 6.38. The Hall–Kier alpha value is -2.39. The molecule has 1 atom stereocenters. The molecule has 2 aromatic carbocycles. The van der Waals surface area contributed by atoms with Crippen molar-refractivity contribution in [2.45, 2.75) is 25.2 Å². The molecule has 30 heavy (non-hydrogen) atoms. The Morgan fingerprint density at radius 1 is 0.967 bits per heavy atom. The average molecular weight is 434 g/mol. The Balaban J connectivity index is 1.63. The molecule has 1 aliphatic rings. The number of nitrogens with zero attached hydrogens (tertiary/aromatic N) is 5. The molecule has 1 aromatic heterocycles. The first kappa shape index (κ1) is 20.9. The van der Waals surface area contributed by atoms with Crippen LogP contribution in [0.3, 0.4) is 0 Å². The van der Waals surface area contributed by atoms with Gasteiger partial charge in [-0.1, -0.05) is 42.5 Å². The summed E-state index contributed by atoms with van der Waals surface area (Å²) < 4.78 is 40.8. The molecule has 158 valence electrons. The zero-order chi connectivity index (χ0) is 21.0. The van der Waals surface area contributed by atoms with E-state index in [1.165, 1.54) is 5.56 Å². The van der Waals surface area contributed by atoms with Crippen LogP contribution in [0.2, 0.25) is 0 Å². The van der Waals surface area contributed by atoms with Crippen LogP contribution in [-0.4, -0.2) is 49.7 Å². The van der Waals surface area contributed by atoms with Gasteiger partial charge in [0, 0.05) is 31.1 Å². The zero-order valence-corrected chi connectivity index (χ0v) is 17.1. The van der Waals surface area contributed by atoms with Gasteiger partial charge in [-0.25, -0.2) is 4.68 Å². The van der Waals surface area contributed by atoms with Crippen molar-refractivity contribution in [1.82, 2.24) is 25.1 Å². The van der Waals surface area contributed by atoms with Crippen LogP contribution in [0.5, 0.6) is 0 Å². The lowest BCUT2D eigenvalue weighted by atomic mass is 10.0. The van der Waals surface area contributed by atoms with Crippen LogP contribution in [0.4, 0.5) is 13.2 Å². The van der Waals surface area contributed by atoms with E-state index in [9.17, 15) is 13.2 Å². The number of halogens is 3. The molecule has 0 aliphatic carbocycles. The number of tetrazole rings is 1. The van der Waals surface area contributed by atoms with Crippen molar-refractivity contribution in [3.63, 3.8) is 0 Å². The molecular formula is C21H22F3N5S. The van der Waals surface area contributed by atoms with Crippen molar-refractivity contribution < 1.29 is 13.2 Å². The molecule has 2 heterocycles. The summed E-state index contributed by atoms with van der Waals surface area (Å²) in [5, 5.41) is 12.3. The fourth-order valence-electron chi connectivity index (χ4n) is 3.66. The van der Waals surface area contributed by atoms with Gasteiger partial charge in [0.2, 0.25) is 0 Å². The summed E-state index contributed by atoms with van der Waals surface area (Å²) in [4.78, 5) is 2.25. The molecule has 1 aliphatic heterocycles. The lowest BCUT2D eigenvalue weighted by Gasteiger charge is -2.33. The van der Waals surface area contributed by atoms with Crippen LogP contribution < -0.4 is 0 Å². The van der Waals surface area contributed by atoms with Gasteiger partial charge in [-0.05, 0) is 40.1 Å². The number of aryl methyl sites for hydroxylation is 2. The van der Waals surface area contributed by atoms with Gasteiger partial charge in [0.05, 0.1) is 11.6 Å². The predicted molar refractivity (Wildman–Crippen MR) is 110 cm³/mol. The molecule has 1 unspecified atom stereocenters. The van der Waals surface area contributed by atoms with Crippen LogP contribution >= 0.6 is 11.8 Å². The Bertz CT molecular complexity index is 937. The van der Waals surface area contributed by atoms with E-state index >= 15 is 0 Å². The van der Waals surface area contributed by atoms with E-state index < -0.39 is 11.7 Å². The minimum atomic E-state index is -4.35. The fourth-order valence-corrected chi connectivity index (χ4v) is 4.59. The summed E-state index contributed by atoms with van der Waals surface area (Å²) in [6.45, 7) is 2.27. The van der Waals surface area contributed by atoms with Gasteiger partial charge in [-0.3, -0.25) is 4.90 Å². The number of alkyl halides is 3. The number of aromatic nitrogens is 4. The van der Waals surface area contributed by atoms with E-state index in [-0.39, 0.29) is 6.04 Å². The molecule has 0 spiro atoms. The smallest absolute Gasteiger partial charge is 0.288 e. The Morgan fingerprint density at radius 3 is 2.33 bits per heavy atom. The SMILES string of the molecule is FC(F)(F)c1ccc(C(c2nnnn2CCc2ccccc2)N2CCSCC2)cc1. The third kappa shape index (κ3) is 4.84. The third-order valence-electron chi connectivity index (χ3n) is 5.22. The van der Waals surface area contributed by atoms with Crippen LogP contribution in [0.25, 0.3) is 0 Å². The molecule has 0 amide bonds. The van der Waals surface area contributed by atoms with E-state index in [2.05, 4.69) is 32.6 Å². The van der Waals surface area contributed by atoms with E-state index in [0.717, 1.165) is 48.7 Å². The van der Waals surface area contributed by atoms with Crippen molar-refractivity contribution in [2.24, 2.45) is 0 Å². The quantitative estimate of drug-likeness (QED) is 0.587. The summed E-state index contributed by atoms with van der Waals surface area (Å²) in [5.74, 6) is 2.61. The van der Waals surface area contributed by atoms with E-state index in [0.29, 0.717) is 12.4 Å². The predicted octanol–water partition coefficient (Wildman–Crippen LogP) is 4.07. The van der Waals surface area contributed by atoms with Crippen molar-refractivity contribution in [3.8, 4) is 0 Å². The highest BCUT2D eigenvalue weighted by Crippen LogP contribution is 2.33. The van der Waals surface area contributed by atoms with Gasteiger partial charge in [0.25, 0.3) is 0 Å². The maximum Gasteiger partial charge on any atom is 0.416 e. The van der Waals surface area contributed by atoms with Gasteiger partial charge >= 0.3 is 6.18 Å². The van der Waals surface area contributed by atoms with Crippen LogP contribution in [0, 0.1) is 0 Å². The second kappa shape index (κ2) is 9.18. The molecule has 4 rings (SSSR count). The Morgan fingerprint density at radius 2 is 1.67 bits per heavy atom. The standard InChI is InChI=1S/C21H22F3N5S/c22-21(23,24)18-8-6-17(7-9-18)19(28-12-14-30-15-13-28)20-25-26-27-29(20)11-10-16-4-2-1-3-5-16/h1-9,19H,10-15H2. The van der Waals surface area contributed by atoms with Gasteiger partial charge < -0.3 is 0 Å². The number of thioether (sulfide) groups is 1. The second-order valence-corrected chi connectivity index (χ2v) is 8.39. The first-order valence-electron chi connectivity index (χ1n) is 9.81. The number of benzene rings is 2. The lowest BCUT2D eigenvalue weighted by molar-refractivity contribution is -0.137. The summed E-state index contributed by atoms with van der Waals surface area (Å²) in [7, 11) is 0. The van der Waals surface area contributed by atoms with E-state index in [1.54, 1.807) is 16.8 Å². The molecule has 0 saturated carbocycles. The van der Waals surface area contributed by atoms with Gasteiger partial charge in [-0.2, -0.15) is 24.9 Å². The molecule has 3 aromatic rings. The lowest BCUT2D eigenvalue weighted by Crippen LogP contribution is -2.38. The highest BCUT2D eigenvalue weighted by molar-refractivity contribution is 7.99. The van der Waals surface area contributed by atoms with Gasteiger partial charge in [0.15, 0.2) is 5.82 Å². The molecule has 0 N–H and O–H groups in total. The first-order chi connectivity index (χ1) is 14.5. The van der Waals surface area contributed by atoms with Crippen LogP contribution in [0.1, 0.15) is 28.6 Å². The molecule has 1 saturated heterocycles. The van der Waals surface area contributed by atoms with E-state index in [1.807, 2.05) is 30.0 Å². The third-order valence-corrected chi connectivity index (χ3v) is 6.17. The summed E-state index contributed by atoms with van der Waals surface area (Å²) in [5.41, 5.74) is 1.30. The monoisotopic (exact) mass is 433 g/mol. The number of hydrogen-bond acceptors (Lipinski definition) is 5. The number of hydrogen-bond donors (Lipinski definition) is 0. The minimum Gasteiger partial charge on any atom is -0.288 e. The van der Waals surface area contributed by atoms with E-state index in [4.69, 9.17) is 0 Å². The highest BCUT2D eigenvalue weighted by atomic mass is 32.2. The molecular weight excluding hydrogens is 411 g/mol. The van der Waals surface area contributed by atoms with Gasteiger partial charge in [-0.15, -0.1) is 5.10 Å². The summed E-state index contributed by atoms with van der Waals surface area (Å²) >= 11 is 1.88. The largest absolute Gasteiger partial charge is 0.416 e. The Labute approximate surface area is 177 Å². The first-order valence-corrected chi connectivity index (χ1v) is 11.0. The van der Waals surface area contributed by atoms with Crippen molar-refractivity contribution in [1.29, 1.82) is 0 Å². The van der Waals surface area contributed by atoms with Gasteiger partial charge in [0.1, 0.15) is 0 Å². The average Bonchev–Trinajstić information content (AvgIpc) is 3.22. The second-order valence-electron chi connectivity index (χ2n) is 7.17. The number of rotatable bonds is 6.